The molecule has 2 saturated carbocycles. The highest BCUT2D eigenvalue weighted by Crippen LogP contribution is 2.73. The number of allylic oxidation sites excluding steroid dienone is 1. The summed E-state index contributed by atoms with van der Waals surface area (Å²) in [6.45, 7) is 7.28. The molecule has 2 nitrogen and oxygen atoms in total. The van der Waals surface area contributed by atoms with E-state index in [0.29, 0.717) is 17.4 Å². The van der Waals surface area contributed by atoms with E-state index < -0.39 is 0 Å². The number of hydrogen-bond acceptors (Lipinski definition) is 2. The fraction of sp³-hybridized carbons (Fsp3) is 0.889. The Bertz CT molecular complexity index is 505. The van der Waals surface area contributed by atoms with Crippen molar-refractivity contribution in [2.75, 3.05) is 7.05 Å². The molecule has 0 radical (unpaired) electrons. The van der Waals surface area contributed by atoms with E-state index in [0.717, 1.165) is 12.3 Å². The molecule has 0 aromatic heterocycles. The number of alkyl halides is 1. The van der Waals surface area contributed by atoms with Crippen molar-refractivity contribution in [2.24, 2.45) is 17.3 Å². The second-order valence-electron chi connectivity index (χ2n) is 8.18. The number of hydrogen-bond donors (Lipinski definition) is 0. The Labute approximate surface area is 142 Å². The van der Waals surface area contributed by atoms with E-state index in [1.807, 2.05) is 0 Å². The predicted octanol–water partition coefficient (Wildman–Crippen LogP) is 4.73. The van der Waals surface area contributed by atoms with Crippen molar-refractivity contribution in [1.82, 2.24) is 5.06 Å². The highest BCUT2D eigenvalue weighted by molar-refractivity contribution is 14.1. The molecule has 3 unspecified atom stereocenters. The zero-order valence-corrected chi connectivity index (χ0v) is 15.9. The highest BCUT2D eigenvalue weighted by Gasteiger charge is 2.77. The fourth-order valence-corrected chi connectivity index (χ4v) is 8.52. The molecule has 3 heteroatoms. The average Bonchev–Trinajstić information content (AvgIpc) is 2.92. The van der Waals surface area contributed by atoms with Gasteiger partial charge in [-0.1, -0.05) is 54.5 Å². The minimum absolute atomic E-state index is 0.250. The molecule has 3 aliphatic carbocycles. The zero-order valence-electron chi connectivity index (χ0n) is 13.8. The van der Waals surface area contributed by atoms with Gasteiger partial charge in [0.2, 0.25) is 0 Å². The highest BCUT2D eigenvalue weighted by atomic mass is 127. The number of hydroxylamine groups is 2. The van der Waals surface area contributed by atoms with Crippen LogP contribution in [0.1, 0.15) is 59.3 Å². The molecular formula is C18H28INO. The maximum Gasteiger partial charge on any atom is 0.0997 e. The van der Waals surface area contributed by atoms with Crippen molar-refractivity contribution in [1.29, 1.82) is 0 Å². The van der Waals surface area contributed by atoms with Gasteiger partial charge in [-0.25, -0.2) is 0 Å². The van der Waals surface area contributed by atoms with E-state index in [1.165, 1.54) is 37.7 Å². The van der Waals surface area contributed by atoms with Crippen molar-refractivity contribution in [2.45, 2.75) is 74.4 Å². The monoisotopic (exact) mass is 401 g/mol. The molecule has 0 amide bonds. The summed E-state index contributed by atoms with van der Waals surface area (Å²) in [5, 5.41) is 2.34. The van der Waals surface area contributed by atoms with Crippen LogP contribution in [0, 0.1) is 17.3 Å². The summed E-state index contributed by atoms with van der Waals surface area (Å²) < 4.78 is 0.276. The van der Waals surface area contributed by atoms with Crippen molar-refractivity contribution < 1.29 is 4.84 Å². The Morgan fingerprint density at radius 2 is 2.05 bits per heavy atom. The van der Waals surface area contributed by atoms with Gasteiger partial charge >= 0.3 is 0 Å². The van der Waals surface area contributed by atoms with Crippen LogP contribution in [0.3, 0.4) is 0 Å². The summed E-state index contributed by atoms with van der Waals surface area (Å²) in [6, 6.07) is 0. The predicted molar refractivity (Wildman–Crippen MR) is 94.3 cm³/mol. The van der Waals surface area contributed by atoms with E-state index in [-0.39, 0.29) is 8.96 Å². The topological polar surface area (TPSA) is 12.5 Å². The van der Waals surface area contributed by atoms with Gasteiger partial charge in [-0.05, 0) is 56.3 Å². The molecule has 21 heavy (non-hydrogen) atoms. The Morgan fingerprint density at radius 1 is 1.29 bits per heavy atom. The van der Waals surface area contributed by atoms with Gasteiger partial charge in [-0.2, -0.15) is 5.06 Å². The normalized spacial score (nSPS) is 59.1. The van der Waals surface area contributed by atoms with E-state index >= 15 is 0 Å². The number of halogens is 1. The van der Waals surface area contributed by atoms with Crippen LogP contribution in [0.5, 0.6) is 0 Å². The first kappa shape index (κ1) is 14.9. The van der Waals surface area contributed by atoms with Gasteiger partial charge in [0, 0.05) is 7.05 Å². The van der Waals surface area contributed by atoms with Crippen LogP contribution < -0.4 is 0 Å². The maximum absolute atomic E-state index is 6.54. The molecular weight excluding hydrogens is 373 g/mol. The van der Waals surface area contributed by atoms with Gasteiger partial charge in [-0.3, -0.25) is 4.84 Å². The van der Waals surface area contributed by atoms with Crippen molar-refractivity contribution in [3.63, 3.8) is 0 Å². The second kappa shape index (κ2) is 4.47. The molecule has 118 valence electrons. The minimum Gasteiger partial charge on any atom is -0.294 e. The van der Waals surface area contributed by atoms with E-state index in [1.54, 1.807) is 0 Å². The van der Waals surface area contributed by atoms with E-state index in [4.69, 9.17) is 4.84 Å². The van der Waals surface area contributed by atoms with Crippen LogP contribution in [0.2, 0.25) is 0 Å². The van der Waals surface area contributed by atoms with Crippen molar-refractivity contribution in [3.05, 3.63) is 11.6 Å². The fourth-order valence-electron chi connectivity index (χ4n) is 6.73. The molecule has 0 aromatic carbocycles. The molecule has 4 aliphatic rings. The Hall–Kier alpha value is 0.390. The third-order valence-corrected chi connectivity index (χ3v) is 10.2. The summed E-state index contributed by atoms with van der Waals surface area (Å²) in [5.74, 6) is 1.42. The lowest BCUT2D eigenvalue weighted by atomic mass is 9.49. The standard InChI is InChI=1S/C18H28INO/c1-12-10-14(3)16-7-5-8-17(16)18(19,13(2)6-9-16)15(11-12)21-20(17)4/h10,13-15H,5-9,11H2,1-4H3/b12-10-/t13?,14-,15+,16?,17-,18?/m0/s1. The Kier molecular flexibility index (Phi) is 3.19. The Balaban J connectivity index is 2.01. The minimum atomic E-state index is 0.250. The zero-order chi connectivity index (χ0) is 15.0. The molecule has 0 N–H and O–H groups in total. The summed E-state index contributed by atoms with van der Waals surface area (Å²) >= 11 is 2.85. The van der Waals surface area contributed by atoms with Gasteiger partial charge in [0.15, 0.2) is 0 Å². The van der Waals surface area contributed by atoms with Gasteiger partial charge in [0.05, 0.1) is 15.1 Å². The van der Waals surface area contributed by atoms with Crippen LogP contribution in [-0.2, 0) is 4.84 Å². The molecule has 1 spiro atoms. The van der Waals surface area contributed by atoms with Crippen LogP contribution >= 0.6 is 22.6 Å². The van der Waals surface area contributed by atoms with Crippen molar-refractivity contribution >= 4 is 22.6 Å². The first-order valence-electron chi connectivity index (χ1n) is 8.65. The quantitative estimate of drug-likeness (QED) is 0.331. The summed E-state index contributed by atoms with van der Waals surface area (Å²) in [6.07, 6.45) is 10.9. The second-order valence-corrected chi connectivity index (χ2v) is 9.96. The Morgan fingerprint density at radius 3 is 2.81 bits per heavy atom. The average molecular weight is 401 g/mol. The third kappa shape index (κ3) is 1.47. The lowest BCUT2D eigenvalue weighted by molar-refractivity contribution is -0.198. The molecule has 1 heterocycles. The van der Waals surface area contributed by atoms with Gasteiger partial charge < -0.3 is 0 Å². The van der Waals surface area contributed by atoms with Gasteiger partial charge in [-0.15, -0.1) is 0 Å². The lowest BCUT2D eigenvalue weighted by Crippen LogP contribution is -2.70. The molecule has 6 atom stereocenters. The van der Waals surface area contributed by atoms with E-state index in [9.17, 15) is 0 Å². The largest absolute Gasteiger partial charge is 0.294 e. The summed E-state index contributed by atoms with van der Waals surface area (Å²) in [4.78, 5) is 6.54. The third-order valence-electron chi connectivity index (χ3n) is 7.56. The smallest absolute Gasteiger partial charge is 0.0997 e. The van der Waals surface area contributed by atoms with Crippen molar-refractivity contribution in [3.8, 4) is 0 Å². The van der Waals surface area contributed by atoms with Crippen LogP contribution in [0.15, 0.2) is 11.6 Å². The van der Waals surface area contributed by atoms with Gasteiger partial charge in [0.25, 0.3) is 0 Å². The van der Waals surface area contributed by atoms with Crippen LogP contribution in [0.25, 0.3) is 0 Å². The van der Waals surface area contributed by atoms with E-state index in [2.05, 4.69) is 61.5 Å². The van der Waals surface area contributed by atoms with Crippen LogP contribution in [0.4, 0.5) is 0 Å². The van der Waals surface area contributed by atoms with Crippen LogP contribution in [-0.4, -0.2) is 27.2 Å². The summed E-state index contributed by atoms with van der Waals surface area (Å²) in [7, 11) is 2.24. The molecule has 0 aromatic rings. The SMILES string of the molecule is C/C1=C/[C@H](C)C23CCC[C@]24N(C)O[C@H](C1)C4(I)C(C)CC3. The first-order chi connectivity index (χ1) is 9.88. The molecule has 3 fully saturated rings. The molecule has 1 saturated heterocycles. The number of rotatable bonds is 0. The molecule has 1 aliphatic heterocycles. The summed E-state index contributed by atoms with van der Waals surface area (Å²) in [5.41, 5.74) is 2.21. The first-order valence-corrected chi connectivity index (χ1v) is 9.73. The molecule has 4 rings (SSSR count). The lowest BCUT2D eigenvalue weighted by Gasteiger charge is -2.61. The van der Waals surface area contributed by atoms with Gasteiger partial charge in [0.1, 0.15) is 0 Å². The number of nitrogens with zero attached hydrogens (tertiary/aromatic N) is 1. The maximum atomic E-state index is 6.54. The molecule has 4 bridgehead atoms.